The maximum Gasteiger partial charge on any atom is 0.260 e. The van der Waals surface area contributed by atoms with Gasteiger partial charge in [-0.1, -0.05) is 6.92 Å². The zero-order valence-corrected chi connectivity index (χ0v) is 6.06. The van der Waals surface area contributed by atoms with Crippen molar-refractivity contribution < 1.29 is 10.0 Å². The van der Waals surface area contributed by atoms with Gasteiger partial charge in [0.05, 0.1) is 0 Å². The van der Waals surface area contributed by atoms with Gasteiger partial charge in [0.2, 0.25) is 0 Å². The molecule has 0 aliphatic rings. The fourth-order valence-corrected chi connectivity index (χ4v) is 0.543. The monoisotopic (exact) mass is 151 g/mol. The predicted octanol–water partition coefficient (Wildman–Crippen LogP) is 0.853. The minimum atomic E-state index is -0.446. The van der Waals surface area contributed by atoms with Crippen molar-refractivity contribution in [3.8, 4) is 0 Å². The number of hydrogen-bond donors (Lipinski definition) is 1. The first kappa shape index (κ1) is 8.72. The smallest absolute Gasteiger partial charge is 0.260 e. The Morgan fingerprint density at radius 1 is 1.78 bits per heavy atom. The number of hydrogen-bond acceptors (Lipinski definition) is 2. The Morgan fingerprint density at radius 2 is 2.33 bits per heavy atom. The van der Waals surface area contributed by atoms with Gasteiger partial charge in [0.25, 0.3) is 5.91 Å². The van der Waals surface area contributed by atoms with Crippen LogP contribution in [0.15, 0.2) is 0 Å². The Kier molecular flexibility index (Phi) is 4.44. The van der Waals surface area contributed by atoms with Gasteiger partial charge in [0.1, 0.15) is 5.88 Å². The van der Waals surface area contributed by atoms with Crippen LogP contribution in [0.2, 0.25) is 0 Å². The number of halogens is 1. The number of amides is 1. The molecule has 0 atom stereocenters. The number of alkyl halides is 1. The summed E-state index contributed by atoms with van der Waals surface area (Å²) in [4.78, 5) is 10.4. The molecule has 54 valence electrons. The van der Waals surface area contributed by atoms with Crippen molar-refractivity contribution in [3.05, 3.63) is 0 Å². The Morgan fingerprint density at radius 3 is 2.67 bits per heavy atom. The molecular weight excluding hydrogens is 142 g/mol. The first-order valence-electron chi connectivity index (χ1n) is 2.77. The van der Waals surface area contributed by atoms with Gasteiger partial charge in [-0.15, -0.1) is 11.6 Å². The van der Waals surface area contributed by atoms with Gasteiger partial charge in [-0.2, -0.15) is 0 Å². The molecule has 0 aliphatic carbocycles. The lowest BCUT2D eigenvalue weighted by molar-refractivity contribution is -0.162. The Hall–Kier alpha value is -0.280. The molecule has 0 radical (unpaired) electrons. The lowest BCUT2D eigenvalue weighted by Gasteiger charge is -2.10. The molecule has 3 nitrogen and oxygen atoms in total. The van der Waals surface area contributed by atoms with Crippen LogP contribution < -0.4 is 0 Å². The first-order chi connectivity index (χ1) is 4.22. The van der Waals surface area contributed by atoms with Crippen molar-refractivity contribution in [1.29, 1.82) is 0 Å². The van der Waals surface area contributed by atoms with E-state index < -0.39 is 5.91 Å². The van der Waals surface area contributed by atoms with E-state index in [-0.39, 0.29) is 5.88 Å². The van der Waals surface area contributed by atoms with Gasteiger partial charge < -0.3 is 0 Å². The van der Waals surface area contributed by atoms with E-state index in [2.05, 4.69) is 0 Å². The van der Waals surface area contributed by atoms with Crippen LogP contribution in [0.1, 0.15) is 13.3 Å². The van der Waals surface area contributed by atoms with Crippen molar-refractivity contribution >= 4 is 17.5 Å². The largest absolute Gasteiger partial charge is 0.286 e. The number of hydroxylamine groups is 2. The summed E-state index contributed by atoms with van der Waals surface area (Å²) < 4.78 is 0. The number of carbonyl (C=O) groups excluding carboxylic acids is 1. The van der Waals surface area contributed by atoms with Crippen LogP contribution in [0.5, 0.6) is 0 Å². The quantitative estimate of drug-likeness (QED) is 0.369. The van der Waals surface area contributed by atoms with E-state index in [0.717, 1.165) is 6.42 Å². The van der Waals surface area contributed by atoms with Gasteiger partial charge in [0, 0.05) is 6.54 Å². The maximum atomic E-state index is 10.4. The molecule has 0 saturated heterocycles. The van der Waals surface area contributed by atoms with E-state index in [1.165, 1.54) is 0 Å². The van der Waals surface area contributed by atoms with Crippen LogP contribution in [-0.4, -0.2) is 28.6 Å². The summed E-state index contributed by atoms with van der Waals surface area (Å²) in [6.45, 7) is 2.22. The topological polar surface area (TPSA) is 40.5 Å². The standard InChI is InChI=1S/C5H10ClNO2/c1-2-3-7(9)5(8)4-6/h9H,2-4H2,1H3. The molecule has 0 aromatic rings. The molecule has 0 fully saturated rings. The van der Waals surface area contributed by atoms with E-state index >= 15 is 0 Å². The van der Waals surface area contributed by atoms with Crippen LogP contribution in [0, 0.1) is 0 Å². The summed E-state index contributed by atoms with van der Waals surface area (Å²) in [5, 5.41) is 9.35. The minimum absolute atomic E-state index is 0.156. The van der Waals surface area contributed by atoms with Crippen LogP contribution in [-0.2, 0) is 4.79 Å². The van der Waals surface area contributed by atoms with Crippen molar-refractivity contribution in [2.24, 2.45) is 0 Å². The number of carbonyl (C=O) groups is 1. The summed E-state index contributed by atoms with van der Waals surface area (Å²) in [6.07, 6.45) is 0.735. The third-order valence-corrected chi connectivity index (χ3v) is 1.07. The van der Waals surface area contributed by atoms with Gasteiger partial charge >= 0.3 is 0 Å². The second-order valence-electron chi connectivity index (χ2n) is 1.65. The van der Waals surface area contributed by atoms with Gasteiger partial charge in [0.15, 0.2) is 0 Å². The summed E-state index contributed by atoms with van der Waals surface area (Å²) >= 11 is 5.13. The Balaban J connectivity index is 3.45. The highest BCUT2D eigenvalue weighted by Crippen LogP contribution is 1.88. The molecule has 4 heteroatoms. The zero-order valence-electron chi connectivity index (χ0n) is 5.30. The highest BCUT2D eigenvalue weighted by Gasteiger charge is 2.05. The van der Waals surface area contributed by atoms with E-state index in [1.807, 2.05) is 6.92 Å². The Labute approximate surface area is 59.2 Å². The van der Waals surface area contributed by atoms with Crippen molar-refractivity contribution in [2.75, 3.05) is 12.4 Å². The van der Waals surface area contributed by atoms with Crippen molar-refractivity contribution in [2.45, 2.75) is 13.3 Å². The van der Waals surface area contributed by atoms with Gasteiger partial charge in [-0.25, -0.2) is 5.06 Å². The van der Waals surface area contributed by atoms with E-state index in [4.69, 9.17) is 16.8 Å². The normalized spacial score (nSPS) is 9.22. The van der Waals surface area contributed by atoms with E-state index in [0.29, 0.717) is 11.6 Å². The van der Waals surface area contributed by atoms with Crippen LogP contribution in [0.25, 0.3) is 0 Å². The average Bonchev–Trinajstić information content (AvgIpc) is 1.87. The SMILES string of the molecule is CCCN(O)C(=O)CCl. The maximum absolute atomic E-state index is 10.4. The Bertz CT molecular complexity index is 97.0. The van der Waals surface area contributed by atoms with Crippen LogP contribution in [0.4, 0.5) is 0 Å². The molecule has 0 heterocycles. The minimum Gasteiger partial charge on any atom is -0.286 e. The molecule has 0 rings (SSSR count). The average molecular weight is 152 g/mol. The van der Waals surface area contributed by atoms with Crippen LogP contribution >= 0.6 is 11.6 Å². The summed E-state index contributed by atoms with van der Waals surface area (Å²) in [5.74, 6) is -0.602. The molecule has 0 bridgehead atoms. The molecule has 0 aromatic carbocycles. The van der Waals surface area contributed by atoms with Gasteiger partial charge in [-0.05, 0) is 6.42 Å². The molecule has 0 aliphatic heterocycles. The number of rotatable bonds is 3. The number of nitrogens with zero attached hydrogens (tertiary/aromatic N) is 1. The van der Waals surface area contributed by atoms with Crippen molar-refractivity contribution in [1.82, 2.24) is 5.06 Å². The molecule has 1 amide bonds. The van der Waals surface area contributed by atoms with Crippen LogP contribution in [0.3, 0.4) is 0 Å². The highest BCUT2D eigenvalue weighted by atomic mass is 35.5. The molecule has 0 saturated carbocycles. The zero-order chi connectivity index (χ0) is 7.28. The third kappa shape index (κ3) is 3.32. The lowest BCUT2D eigenvalue weighted by atomic mass is 10.5. The molecule has 9 heavy (non-hydrogen) atoms. The van der Waals surface area contributed by atoms with Crippen molar-refractivity contribution in [3.63, 3.8) is 0 Å². The second kappa shape index (κ2) is 4.58. The van der Waals surface area contributed by atoms with E-state index in [1.54, 1.807) is 0 Å². The third-order valence-electron chi connectivity index (χ3n) is 0.838. The molecular formula is C5H10ClNO2. The predicted molar refractivity (Wildman–Crippen MR) is 34.5 cm³/mol. The fourth-order valence-electron chi connectivity index (χ4n) is 0.405. The summed E-state index contributed by atoms with van der Waals surface area (Å²) in [6, 6.07) is 0. The van der Waals surface area contributed by atoms with E-state index in [9.17, 15) is 4.79 Å². The summed E-state index contributed by atoms with van der Waals surface area (Å²) in [7, 11) is 0. The molecule has 0 unspecified atom stereocenters. The highest BCUT2D eigenvalue weighted by molar-refractivity contribution is 6.27. The molecule has 0 aromatic heterocycles. The first-order valence-corrected chi connectivity index (χ1v) is 3.31. The fraction of sp³-hybridized carbons (Fsp3) is 0.800. The molecule has 1 N–H and O–H groups in total. The van der Waals surface area contributed by atoms with Gasteiger partial charge in [-0.3, -0.25) is 10.0 Å². The second-order valence-corrected chi connectivity index (χ2v) is 1.92. The lowest BCUT2D eigenvalue weighted by Crippen LogP contribution is -2.28. The molecule has 0 spiro atoms. The summed E-state index contributed by atoms with van der Waals surface area (Å²) in [5.41, 5.74) is 0.